The van der Waals surface area contributed by atoms with E-state index in [4.69, 9.17) is 0 Å². The quantitative estimate of drug-likeness (QED) is 0.626. The van der Waals surface area contributed by atoms with Crippen LogP contribution in [0.1, 0.15) is 25.3 Å². The molecular weight excluding hydrogens is 422 g/mol. The highest BCUT2D eigenvalue weighted by atomic mass is 32.2. The molecule has 0 bridgehead atoms. The van der Waals surface area contributed by atoms with Crippen LogP contribution in [0.4, 0.5) is 11.4 Å². The molecule has 0 amide bonds. The molecule has 30 heavy (non-hydrogen) atoms. The van der Waals surface area contributed by atoms with Crippen LogP contribution in [0.2, 0.25) is 0 Å². The normalized spacial score (nSPS) is 14.5. The third-order valence-corrected chi connectivity index (χ3v) is 8.48. The third kappa shape index (κ3) is 3.87. The molecule has 0 fully saturated rings. The molecule has 1 aliphatic heterocycles. The molecule has 158 valence electrons. The van der Waals surface area contributed by atoms with Gasteiger partial charge < -0.3 is 0 Å². The fourth-order valence-electron chi connectivity index (χ4n) is 3.79. The van der Waals surface area contributed by atoms with E-state index in [9.17, 15) is 16.8 Å². The number of rotatable bonds is 6. The van der Waals surface area contributed by atoms with Gasteiger partial charge in [0.1, 0.15) is 4.90 Å². The van der Waals surface area contributed by atoms with Crippen molar-refractivity contribution in [2.24, 2.45) is 0 Å². The van der Waals surface area contributed by atoms with Gasteiger partial charge in [0.25, 0.3) is 10.0 Å². The second-order valence-electron chi connectivity index (χ2n) is 7.27. The Morgan fingerprint density at radius 2 is 1.87 bits per heavy atom. The lowest BCUT2D eigenvalue weighted by molar-refractivity contribution is 0.585. The molecule has 4 rings (SSSR count). The lowest BCUT2D eigenvalue weighted by Crippen LogP contribution is -2.37. The van der Waals surface area contributed by atoms with Crippen LogP contribution in [-0.4, -0.2) is 34.1 Å². The van der Waals surface area contributed by atoms with Crippen molar-refractivity contribution < 1.29 is 16.8 Å². The Labute approximate surface area is 176 Å². The number of anilines is 2. The van der Waals surface area contributed by atoms with Crippen LogP contribution >= 0.6 is 0 Å². The van der Waals surface area contributed by atoms with E-state index in [1.807, 2.05) is 19.1 Å². The van der Waals surface area contributed by atoms with Crippen molar-refractivity contribution in [3.63, 3.8) is 0 Å². The summed E-state index contributed by atoms with van der Waals surface area (Å²) in [5.41, 5.74) is 2.25. The zero-order valence-electron chi connectivity index (χ0n) is 16.6. The van der Waals surface area contributed by atoms with Gasteiger partial charge in [0.05, 0.1) is 17.0 Å². The molecule has 9 heteroatoms. The van der Waals surface area contributed by atoms with E-state index >= 15 is 0 Å². The van der Waals surface area contributed by atoms with Crippen LogP contribution in [0.15, 0.2) is 59.6 Å². The first-order valence-electron chi connectivity index (χ1n) is 9.82. The summed E-state index contributed by atoms with van der Waals surface area (Å²) < 4.78 is 55.3. The minimum atomic E-state index is -3.86. The summed E-state index contributed by atoms with van der Waals surface area (Å²) in [7, 11) is -7.24. The van der Waals surface area contributed by atoms with E-state index in [0.29, 0.717) is 42.7 Å². The maximum atomic E-state index is 13.0. The van der Waals surface area contributed by atoms with Gasteiger partial charge in [-0.1, -0.05) is 25.1 Å². The number of aryl methyl sites for hydroxylation is 1. The van der Waals surface area contributed by atoms with E-state index in [2.05, 4.69) is 9.71 Å². The summed E-state index contributed by atoms with van der Waals surface area (Å²) in [4.78, 5) is 4.32. The number of benzene rings is 2. The summed E-state index contributed by atoms with van der Waals surface area (Å²) >= 11 is 0. The van der Waals surface area contributed by atoms with Gasteiger partial charge in [-0.2, -0.15) is 0 Å². The van der Waals surface area contributed by atoms with E-state index in [-0.39, 0.29) is 10.6 Å². The highest BCUT2D eigenvalue weighted by Gasteiger charge is 2.27. The molecule has 0 spiro atoms. The lowest BCUT2D eigenvalue weighted by atomic mass is 10.0. The number of fused-ring (bicyclic) bond motifs is 2. The van der Waals surface area contributed by atoms with Crippen molar-refractivity contribution >= 4 is 42.3 Å². The predicted molar refractivity (Wildman–Crippen MR) is 119 cm³/mol. The molecule has 0 aliphatic carbocycles. The third-order valence-electron chi connectivity index (χ3n) is 5.09. The highest BCUT2D eigenvalue weighted by molar-refractivity contribution is 7.93. The zero-order valence-corrected chi connectivity index (χ0v) is 18.2. The maximum absolute atomic E-state index is 13.0. The van der Waals surface area contributed by atoms with Crippen LogP contribution in [0, 0.1) is 0 Å². The number of hydrogen-bond acceptors (Lipinski definition) is 5. The maximum Gasteiger partial charge on any atom is 0.264 e. The van der Waals surface area contributed by atoms with Gasteiger partial charge in [-0.15, -0.1) is 0 Å². The average molecular weight is 446 g/mol. The van der Waals surface area contributed by atoms with Crippen LogP contribution in [-0.2, 0) is 26.5 Å². The molecule has 0 saturated carbocycles. The van der Waals surface area contributed by atoms with Crippen molar-refractivity contribution in [3.8, 4) is 0 Å². The van der Waals surface area contributed by atoms with E-state index < -0.39 is 20.0 Å². The summed E-state index contributed by atoms with van der Waals surface area (Å²) in [6.07, 6.45) is 3.49. The van der Waals surface area contributed by atoms with Gasteiger partial charge >= 0.3 is 0 Å². The number of sulfonamides is 2. The van der Waals surface area contributed by atoms with E-state index in [1.165, 1.54) is 10.4 Å². The molecule has 1 aromatic heterocycles. The lowest BCUT2D eigenvalue weighted by Gasteiger charge is -2.30. The molecule has 0 unspecified atom stereocenters. The van der Waals surface area contributed by atoms with Gasteiger partial charge in [0.15, 0.2) is 0 Å². The summed E-state index contributed by atoms with van der Waals surface area (Å²) in [6.45, 7) is 2.28. The van der Waals surface area contributed by atoms with Gasteiger partial charge in [-0.25, -0.2) is 16.8 Å². The predicted octanol–water partition coefficient (Wildman–Crippen LogP) is 3.53. The molecule has 2 heterocycles. The average Bonchev–Trinajstić information content (AvgIpc) is 2.72. The monoisotopic (exact) mass is 445 g/mol. The summed E-state index contributed by atoms with van der Waals surface area (Å²) in [5.74, 6) is 0.0922. The number of nitrogens with zero attached hydrogens (tertiary/aromatic N) is 2. The zero-order chi connectivity index (χ0) is 21.4. The van der Waals surface area contributed by atoms with Crippen LogP contribution in [0.25, 0.3) is 10.9 Å². The van der Waals surface area contributed by atoms with Crippen molar-refractivity contribution in [2.45, 2.75) is 31.1 Å². The molecule has 1 N–H and O–H groups in total. The SMILES string of the molecule is CCCS(=O)(=O)N1CCCc2cc(NS(=O)(=O)c3cccc4cccnc34)ccc21. The van der Waals surface area contributed by atoms with Gasteiger partial charge in [-0.3, -0.25) is 14.0 Å². The molecule has 0 atom stereocenters. The molecule has 0 radical (unpaired) electrons. The first-order valence-corrected chi connectivity index (χ1v) is 12.9. The summed E-state index contributed by atoms with van der Waals surface area (Å²) in [6, 6.07) is 13.6. The molecule has 1 aliphatic rings. The van der Waals surface area contributed by atoms with Gasteiger partial charge in [0, 0.05) is 23.8 Å². The van der Waals surface area contributed by atoms with Crippen molar-refractivity contribution in [1.29, 1.82) is 0 Å². The second-order valence-corrected chi connectivity index (χ2v) is 10.9. The molecule has 0 saturated heterocycles. The first kappa shape index (κ1) is 20.6. The summed E-state index contributed by atoms with van der Waals surface area (Å²) in [5, 5.41) is 0.739. The molecule has 2 aromatic carbocycles. The van der Waals surface area contributed by atoms with Crippen molar-refractivity contribution in [2.75, 3.05) is 21.3 Å². The van der Waals surface area contributed by atoms with Crippen LogP contribution in [0.3, 0.4) is 0 Å². The van der Waals surface area contributed by atoms with E-state index in [1.54, 1.807) is 36.5 Å². The molecule has 3 aromatic rings. The molecular formula is C21H23N3O4S2. The van der Waals surface area contributed by atoms with Gasteiger partial charge in [0.2, 0.25) is 10.0 Å². The number of pyridine rings is 1. The largest absolute Gasteiger partial charge is 0.280 e. The second kappa shape index (κ2) is 7.88. The standard InChI is InChI=1S/C21H23N3O4S2/c1-2-14-29(25,26)24-13-5-8-17-15-18(10-11-19(17)24)23-30(27,28)20-9-3-6-16-7-4-12-22-21(16)20/h3-4,6-7,9-12,15,23H,2,5,8,13-14H2,1H3. The number of nitrogens with one attached hydrogen (secondary N) is 1. The topological polar surface area (TPSA) is 96.4 Å². The first-order chi connectivity index (χ1) is 14.3. The van der Waals surface area contributed by atoms with Crippen LogP contribution < -0.4 is 9.03 Å². The Kier molecular flexibility index (Phi) is 5.42. The van der Waals surface area contributed by atoms with Gasteiger partial charge in [-0.05, 0) is 55.2 Å². The Bertz CT molecular complexity index is 1300. The number of aromatic nitrogens is 1. The fourth-order valence-corrected chi connectivity index (χ4v) is 6.64. The number of para-hydroxylation sites is 1. The van der Waals surface area contributed by atoms with Crippen molar-refractivity contribution in [3.05, 3.63) is 60.3 Å². The van der Waals surface area contributed by atoms with E-state index in [0.717, 1.165) is 10.9 Å². The Balaban J connectivity index is 1.68. The Morgan fingerprint density at radius 1 is 1.07 bits per heavy atom. The highest BCUT2D eigenvalue weighted by Crippen LogP contribution is 2.33. The fraction of sp³-hybridized carbons (Fsp3) is 0.286. The van der Waals surface area contributed by atoms with Crippen LogP contribution in [0.5, 0.6) is 0 Å². The molecule has 7 nitrogen and oxygen atoms in total. The van der Waals surface area contributed by atoms with Crippen molar-refractivity contribution in [1.82, 2.24) is 4.98 Å². The Hall–Kier alpha value is -2.65. The minimum Gasteiger partial charge on any atom is -0.280 e. The Morgan fingerprint density at radius 3 is 2.67 bits per heavy atom. The smallest absolute Gasteiger partial charge is 0.264 e. The minimum absolute atomic E-state index is 0.0922. The number of hydrogen-bond donors (Lipinski definition) is 1.